The van der Waals surface area contributed by atoms with E-state index in [9.17, 15) is 5.11 Å². The Morgan fingerprint density at radius 3 is 2.00 bits per heavy atom. The molecule has 108 valence electrons. The SMILES string of the molecule is CCC(Cc1ccc(C(C)(C)C)cc1O)C(C)(C)C. The Hall–Kier alpha value is -0.980. The van der Waals surface area contributed by atoms with Crippen molar-refractivity contribution in [2.24, 2.45) is 11.3 Å². The van der Waals surface area contributed by atoms with Gasteiger partial charge >= 0.3 is 0 Å². The summed E-state index contributed by atoms with van der Waals surface area (Å²) in [6.07, 6.45) is 2.10. The van der Waals surface area contributed by atoms with Crippen molar-refractivity contribution in [1.82, 2.24) is 0 Å². The van der Waals surface area contributed by atoms with E-state index in [4.69, 9.17) is 0 Å². The Balaban J connectivity index is 2.98. The lowest BCUT2D eigenvalue weighted by Crippen LogP contribution is -2.22. The quantitative estimate of drug-likeness (QED) is 0.783. The van der Waals surface area contributed by atoms with E-state index in [-0.39, 0.29) is 10.8 Å². The number of hydrogen-bond donors (Lipinski definition) is 1. The maximum Gasteiger partial charge on any atom is 0.119 e. The molecular formula is C18H30O. The Kier molecular flexibility index (Phi) is 4.71. The standard InChI is InChI=1S/C18H30O/c1-8-14(17(2,3)4)11-13-9-10-15(12-16(13)19)18(5,6)7/h9-10,12,14,19H,8,11H2,1-7H3. The summed E-state index contributed by atoms with van der Waals surface area (Å²) in [5.74, 6) is 1.05. The second-order valence-electron chi connectivity index (χ2n) is 7.77. The van der Waals surface area contributed by atoms with E-state index < -0.39 is 0 Å². The molecule has 1 nitrogen and oxygen atoms in total. The highest BCUT2D eigenvalue weighted by molar-refractivity contribution is 5.39. The molecule has 0 heterocycles. The minimum atomic E-state index is 0.0875. The molecule has 1 N–H and O–H groups in total. The fourth-order valence-corrected chi connectivity index (χ4v) is 2.53. The van der Waals surface area contributed by atoms with Crippen molar-refractivity contribution in [1.29, 1.82) is 0 Å². The van der Waals surface area contributed by atoms with E-state index in [1.165, 1.54) is 5.56 Å². The molecule has 1 aromatic carbocycles. The van der Waals surface area contributed by atoms with Crippen molar-refractivity contribution in [3.05, 3.63) is 29.3 Å². The number of phenols is 1. The molecule has 0 amide bonds. The molecule has 1 atom stereocenters. The zero-order valence-corrected chi connectivity index (χ0v) is 13.7. The molecule has 0 bridgehead atoms. The highest BCUT2D eigenvalue weighted by atomic mass is 16.3. The first-order valence-electron chi connectivity index (χ1n) is 7.38. The van der Waals surface area contributed by atoms with Crippen molar-refractivity contribution < 1.29 is 5.11 Å². The molecule has 0 aliphatic rings. The number of rotatable bonds is 3. The number of hydrogen-bond acceptors (Lipinski definition) is 1. The number of aromatic hydroxyl groups is 1. The van der Waals surface area contributed by atoms with Crippen LogP contribution in [0.25, 0.3) is 0 Å². The van der Waals surface area contributed by atoms with Gasteiger partial charge in [0.05, 0.1) is 0 Å². The second kappa shape index (κ2) is 5.56. The molecule has 0 fully saturated rings. The largest absolute Gasteiger partial charge is 0.508 e. The van der Waals surface area contributed by atoms with Crippen LogP contribution >= 0.6 is 0 Å². The molecule has 1 rings (SSSR count). The Bertz CT molecular complexity index is 418. The van der Waals surface area contributed by atoms with E-state index in [1.54, 1.807) is 0 Å². The number of phenolic OH excluding ortho intramolecular Hbond substituents is 1. The normalized spacial score (nSPS) is 14.5. The van der Waals surface area contributed by atoms with Gasteiger partial charge in [0, 0.05) is 0 Å². The zero-order chi connectivity index (χ0) is 14.8. The third-order valence-electron chi connectivity index (χ3n) is 4.14. The molecule has 0 saturated carbocycles. The molecule has 0 saturated heterocycles. The summed E-state index contributed by atoms with van der Waals surface area (Å²) in [5, 5.41) is 10.3. The summed E-state index contributed by atoms with van der Waals surface area (Å²) >= 11 is 0. The molecule has 0 aliphatic carbocycles. The average Bonchev–Trinajstić information content (AvgIpc) is 2.24. The van der Waals surface area contributed by atoms with E-state index in [0.717, 1.165) is 18.4 Å². The van der Waals surface area contributed by atoms with Crippen molar-refractivity contribution in [3.8, 4) is 5.75 Å². The van der Waals surface area contributed by atoms with Crippen LogP contribution < -0.4 is 0 Å². The molecule has 0 spiro atoms. The highest BCUT2D eigenvalue weighted by Crippen LogP contribution is 2.35. The average molecular weight is 262 g/mol. The Morgan fingerprint density at radius 1 is 1.05 bits per heavy atom. The molecule has 0 aliphatic heterocycles. The fourth-order valence-electron chi connectivity index (χ4n) is 2.53. The van der Waals surface area contributed by atoms with Gasteiger partial charge in [-0.15, -0.1) is 0 Å². The van der Waals surface area contributed by atoms with Crippen molar-refractivity contribution in [2.45, 2.75) is 66.7 Å². The third-order valence-corrected chi connectivity index (χ3v) is 4.14. The lowest BCUT2D eigenvalue weighted by molar-refractivity contribution is 0.230. The van der Waals surface area contributed by atoms with Crippen LogP contribution in [0.2, 0.25) is 0 Å². The summed E-state index contributed by atoms with van der Waals surface area (Å²) in [6.45, 7) is 15.6. The molecule has 19 heavy (non-hydrogen) atoms. The van der Waals surface area contributed by atoms with E-state index in [1.807, 2.05) is 6.07 Å². The summed E-state index contributed by atoms with van der Waals surface area (Å²) in [4.78, 5) is 0. The molecule has 0 radical (unpaired) electrons. The summed E-state index contributed by atoms with van der Waals surface area (Å²) in [6, 6.07) is 6.19. The van der Waals surface area contributed by atoms with Crippen LogP contribution in [-0.4, -0.2) is 5.11 Å². The summed E-state index contributed by atoms with van der Waals surface area (Å²) in [7, 11) is 0. The molecule has 1 heteroatoms. The van der Waals surface area contributed by atoms with Gasteiger partial charge in [-0.3, -0.25) is 0 Å². The van der Waals surface area contributed by atoms with Gasteiger partial charge in [0.15, 0.2) is 0 Å². The van der Waals surface area contributed by atoms with Crippen LogP contribution in [0.5, 0.6) is 5.75 Å². The van der Waals surface area contributed by atoms with Gasteiger partial charge in [-0.25, -0.2) is 0 Å². The van der Waals surface area contributed by atoms with Crippen molar-refractivity contribution >= 4 is 0 Å². The molecule has 1 aromatic rings. The monoisotopic (exact) mass is 262 g/mol. The van der Waals surface area contributed by atoms with E-state index in [2.05, 4.69) is 60.6 Å². The smallest absolute Gasteiger partial charge is 0.119 e. The molecular weight excluding hydrogens is 232 g/mol. The maximum absolute atomic E-state index is 10.3. The van der Waals surface area contributed by atoms with Crippen LogP contribution in [-0.2, 0) is 11.8 Å². The van der Waals surface area contributed by atoms with Gasteiger partial charge in [-0.2, -0.15) is 0 Å². The predicted molar refractivity (Wildman–Crippen MR) is 83.7 cm³/mol. The highest BCUT2D eigenvalue weighted by Gasteiger charge is 2.24. The first-order valence-corrected chi connectivity index (χ1v) is 7.38. The minimum absolute atomic E-state index is 0.0875. The van der Waals surface area contributed by atoms with Crippen LogP contribution in [0, 0.1) is 11.3 Å². The summed E-state index contributed by atoms with van der Waals surface area (Å²) in [5.41, 5.74) is 2.64. The fraction of sp³-hybridized carbons (Fsp3) is 0.667. The molecule has 0 aromatic heterocycles. The maximum atomic E-state index is 10.3. The van der Waals surface area contributed by atoms with Crippen LogP contribution in [0.3, 0.4) is 0 Å². The van der Waals surface area contributed by atoms with Gasteiger partial charge < -0.3 is 5.11 Å². The predicted octanol–water partition coefficient (Wildman–Crippen LogP) is 5.30. The lowest BCUT2D eigenvalue weighted by atomic mass is 9.75. The van der Waals surface area contributed by atoms with Crippen LogP contribution in [0.4, 0.5) is 0 Å². The Labute approximate surface area is 119 Å². The van der Waals surface area contributed by atoms with Crippen molar-refractivity contribution in [3.63, 3.8) is 0 Å². The van der Waals surface area contributed by atoms with Crippen LogP contribution in [0.1, 0.15) is 66.0 Å². The topological polar surface area (TPSA) is 20.2 Å². The third kappa shape index (κ3) is 4.26. The first kappa shape index (κ1) is 16.1. The van der Waals surface area contributed by atoms with Crippen LogP contribution in [0.15, 0.2) is 18.2 Å². The zero-order valence-electron chi connectivity index (χ0n) is 13.7. The van der Waals surface area contributed by atoms with Gasteiger partial charge in [-0.05, 0) is 40.4 Å². The van der Waals surface area contributed by atoms with E-state index in [0.29, 0.717) is 11.7 Å². The molecule has 1 unspecified atom stereocenters. The minimum Gasteiger partial charge on any atom is -0.508 e. The van der Waals surface area contributed by atoms with Crippen molar-refractivity contribution in [2.75, 3.05) is 0 Å². The van der Waals surface area contributed by atoms with Gasteiger partial charge in [-0.1, -0.05) is 67.0 Å². The van der Waals surface area contributed by atoms with Gasteiger partial charge in [0.25, 0.3) is 0 Å². The van der Waals surface area contributed by atoms with Gasteiger partial charge in [0.1, 0.15) is 5.75 Å². The Morgan fingerprint density at radius 2 is 1.63 bits per heavy atom. The summed E-state index contributed by atoms with van der Waals surface area (Å²) < 4.78 is 0. The van der Waals surface area contributed by atoms with Gasteiger partial charge in [0.2, 0.25) is 0 Å². The second-order valence-corrected chi connectivity index (χ2v) is 7.77. The lowest BCUT2D eigenvalue weighted by Gasteiger charge is -2.30. The number of benzene rings is 1. The first-order chi connectivity index (χ1) is 8.55. The van der Waals surface area contributed by atoms with E-state index >= 15 is 0 Å².